The lowest BCUT2D eigenvalue weighted by Crippen LogP contribution is -2.53. The van der Waals surface area contributed by atoms with Crippen LogP contribution in [0.1, 0.15) is 24.4 Å². The summed E-state index contributed by atoms with van der Waals surface area (Å²) < 4.78 is 55.3. The Hall–Kier alpha value is -3.67. The molecule has 5 rings (SSSR count). The molecule has 0 spiro atoms. The van der Waals surface area contributed by atoms with Crippen LogP contribution in [0.4, 0.5) is 23.2 Å². The number of carbonyl (C=O) groups excluding carboxylic acids is 1. The van der Waals surface area contributed by atoms with Crippen LogP contribution < -0.4 is 10.6 Å². The predicted molar refractivity (Wildman–Crippen MR) is 124 cm³/mol. The molecule has 1 aromatic carbocycles. The summed E-state index contributed by atoms with van der Waals surface area (Å²) in [6.07, 6.45) is -2.19. The summed E-state index contributed by atoms with van der Waals surface area (Å²) in [7, 11) is 0. The number of piperidine rings is 1. The molecule has 12 heteroatoms. The van der Waals surface area contributed by atoms with Gasteiger partial charge in [-0.2, -0.15) is 13.2 Å². The number of benzene rings is 1. The second-order valence-corrected chi connectivity index (χ2v) is 9.05. The van der Waals surface area contributed by atoms with E-state index in [2.05, 4.69) is 11.6 Å². The number of aliphatic hydroxyl groups excluding tert-OH is 1. The number of carbonyl (C=O) groups is 1. The molecule has 8 nitrogen and oxygen atoms in total. The number of amides is 1. The first-order chi connectivity index (χ1) is 17.1. The summed E-state index contributed by atoms with van der Waals surface area (Å²) >= 11 is 0. The molecule has 1 amide bonds. The molecule has 1 unspecified atom stereocenters. The molecule has 0 aliphatic carbocycles. The van der Waals surface area contributed by atoms with Crippen molar-refractivity contribution in [3.8, 4) is 5.69 Å². The number of pyridine rings is 1. The van der Waals surface area contributed by atoms with Crippen LogP contribution in [0.25, 0.3) is 16.9 Å². The van der Waals surface area contributed by atoms with Gasteiger partial charge in [0.2, 0.25) is 0 Å². The largest absolute Gasteiger partial charge is 0.416 e. The molecule has 0 bridgehead atoms. The van der Waals surface area contributed by atoms with E-state index in [1.165, 1.54) is 32.4 Å². The first kappa shape index (κ1) is 24.0. The van der Waals surface area contributed by atoms with Gasteiger partial charge >= 0.3 is 11.9 Å². The number of hydrogen-bond acceptors (Lipinski definition) is 5. The van der Waals surface area contributed by atoms with Crippen LogP contribution in [0.15, 0.2) is 53.7 Å². The summed E-state index contributed by atoms with van der Waals surface area (Å²) in [6, 6.07) is 5.42. The van der Waals surface area contributed by atoms with E-state index in [-0.39, 0.29) is 24.4 Å². The molecule has 1 atom stereocenters. The molecule has 3 aromatic rings. The van der Waals surface area contributed by atoms with Gasteiger partial charge in [0.1, 0.15) is 5.52 Å². The first-order valence-electron chi connectivity index (χ1n) is 11.4. The quantitative estimate of drug-likeness (QED) is 0.436. The van der Waals surface area contributed by atoms with Gasteiger partial charge in [0.25, 0.3) is 5.91 Å². The lowest BCUT2D eigenvalue weighted by Gasteiger charge is -2.40. The summed E-state index contributed by atoms with van der Waals surface area (Å²) in [6.45, 7) is 4.12. The number of fused-ring (bicyclic) bond motifs is 1. The van der Waals surface area contributed by atoms with E-state index in [0.717, 1.165) is 18.6 Å². The van der Waals surface area contributed by atoms with Crippen molar-refractivity contribution in [2.45, 2.75) is 31.2 Å². The number of anilines is 1. The Kier molecular flexibility index (Phi) is 5.86. The highest BCUT2D eigenvalue weighted by Crippen LogP contribution is 2.34. The second-order valence-electron chi connectivity index (χ2n) is 9.05. The highest BCUT2D eigenvalue weighted by Gasteiger charge is 2.37. The third-order valence-corrected chi connectivity index (χ3v) is 6.67. The van der Waals surface area contributed by atoms with Gasteiger partial charge in [-0.25, -0.2) is 18.7 Å². The van der Waals surface area contributed by atoms with Crippen molar-refractivity contribution in [1.29, 1.82) is 0 Å². The number of alkyl halides is 3. The summed E-state index contributed by atoms with van der Waals surface area (Å²) in [4.78, 5) is 33.2. The maximum atomic E-state index is 13.7. The maximum Gasteiger partial charge on any atom is 0.416 e. The van der Waals surface area contributed by atoms with Gasteiger partial charge in [0.05, 0.1) is 29.1 Å². The van der Waals surface area contributed by atoms with Crippen LogP contribution in [0.2, 0.25) is 0 Å². The zero-order valence-electron chi connectivity index (χ0n) is 19.1. The van der Waals surface area contributed by atoms with Crippen LogP contribution in [0.5, 0.6) is 0 Å². The monoisotopic (exact) mass is 505 g/mol. The van der Waals surface area contributed by atoms with Crippen molar-refractivity contribution in [2.24, 2.45) is 0 Å². The van der Waals surface area contributed by atoms with E-state index in [1.807, 2.05) is 4.90 Å². The summed E-state index contributed by atoms with van der Waals surface area (Å²) in [5.41, 5.74) is 0.118. The minimum absolute atomic E-state index is 0.0603. The predicted octanol–water partition coefficient (Wildman–Crippen LogP) is 3.03. The van der Waals surface area contributed by atoms with E-state index < -0.39 is 41.3 Å². The Balaban J connectivity index is 1.65. The summed E-state index contributed by atoms with van der Waals surface area (Å²) in [5, 5.41) is 10.2. The molecule has 2 aromatic heterocycles. The number of likely N-dealkylation sites (tertiary alicyclic amines) is 1. The van der Waals surface area contributed by atoms with Gasteiger partial charge in [-0.1, -0.05) is 6.58 Å². The molecule has 2 fully saturated rings. The zero-order valence-corrected chi connectivity index (χ0v) is 19.1. The average Bonchev–Trinajstić information content (AvgIpc) is 3.09. The molecule has 4 heterocycles. The molecule has 2 aliphatic heterocycles. The number of hydrogen-bond donors (Lipinski definition) is 1. The third kappa shape index (κ3) is 4.04. The van der Waals surface area contributed by atoms with Crippen LogP contribution in [-0.2, 0) is 11.0 Å². The van der Waals surface area contributed by atoms with Crippen molar-refractivity contribution in [3.05, 3.63) is 65.0 Å². The van der Waals surface area contributed by atoms with Crippen molar-refractivity contribution >= 4 is 22.8 Å². The molecule has 0 saturated carbocycles. The summed E-state index contributed by atoms with van der Waals surface area (Å²) in [5.74, 6) is -1.96. The van der Waals surface area contributed by atoms with E-state index in [4.69, 9.17) is 0 Å². The van der Waals surface area contributed by atoms with Gasteiger partial charge in [-0.15, -0.1) is 0 Å². The Morgan fingerprint density at radius 1 is 1.11 bits per heavy atom. The number of nitrogens with zero attached hydrogens (tertiary/aromatic N) is 5. The Morgan fingerprint density at radius 2 is 1.81 bits per heavy atom. The normalized spacial score (nSPS) is 19.0. The van der Waals surface area contributed by atoms with E-state index in [1.54, 1.807) is 6.07 Å². The highest BCUT2D eigenvalue weighted by atomic mass is 19.4. The number of rotatable bonds is 4. The Labute approximate surface area is 202 Å². The van der Waals surface area contributed by atoms with Crippen molar-refractivity contribution in [1.82, 2.24) is 19.0 Å². The number of aromatic nitrogens is 3. The van der Waals surface area contributed by atoms with Crippen molar-refractivity contribution in [2.75, 3.05) is 31.1 Å². The van der Waals surface area contributed by atoms with Gasteiger partial charge in [-0.05, 0) is 43.2 Å². The smallest absolute Gasteiger partial charge is 0.391 e. The third-order valence-electron chi connectivity index (χ3n) is 6.67. The first-order valence-corrected chi connectivity index (χ1v) is 11.4. The number of β-amino-alcohol motifs (C(OH)–C–C–N with tert-alkyl or cyclic N) is 1. The molecule has 2 aliphatic rings. The zero-order chi connectivity index (χ0) is 25.8. The van der Waals surface area contributed by atoms with Gasteiger partial charge in [0, 0.05) is 32.4 Å². The highest BCUT2D eigenvalue weighted by molar-refractivity contribution is 5.91. The van der Waals surface area contributed by atoms with Gasteiger partial charge < -0.3 is 14.9 Å². The van der Waals surface area contributed by atoms with Crippen LogP contribution in [0, 0.1) is 0 Å². The fourth-order valence-corrected chi connectivity index (χ4v) is 4.88. The lowest BCUT2D eigenvalue weighted by atomic mass is 10.1. The average molecular weight is 505 g/mol. The molecular weight excluding hydrogens is 482 g/mol. The Morgan fingerprint density at radius 3 is 2.42 bits per heavy atom. The van der Waals surface area contributed by atoms with E-state index >= 15 is 0 Å². The maximum absolute atomic E-state index is 13.7. The number of aliphatic hydroxyl groups is 1. The standard InChI is InChI=1S/C24H23F4N5O3/c1-14(25)22(35)31-11-17(12-31)32-20-19(30-10-2-3-18(34)13-30)8-9-29-21(20)33(23(32)36)16-6-4-15(5-7-16)24(26,27)28/h4-9,17-18,34H,1-3,10-13H2. The van der Waals surface area contributed by atoms with E-state index in [9.17, 15) is 32.3 Å². The molecule has 2 saturated heterocycles. The number of halogens is 4. The molecule has 1 N–H and O–H groups in total. The minimum atomic E-state index is -4.53. The van der Waals surface area contributed by atoms with Crippen LogP contribution in [-0.4, -0.2) is 62.3 Å². The topological polar surface area (TPSA) is 83.6 Å². The minimum Gasteiger partial charge on any atom is -0.391 e. The molecule has 190 valence electrons. The van der Waals surface area contributed by atoms with Crippen molar-refractivity contribution in [3.63, 3.8) is 0 Å². The van der Waals surface area contributed by atoms with Gasteiger partial charge in [-0.3, -0.25) is 9.36 Å². The molecule has 0 radical (unpaired) electrons. The Bertz CT molecular complexity index is 1390. The van der Waals surface area contributed by atoms with Crippen LogP contribution in [0.3, 0.4) is 0 Å². The fourth-order valence-electron chi connectivity index (χ4n) is 4.88. The number of imidazole rings is 1. The van der Waals surface area contributed by atoms with Gasteiger partial charge in [0.15, 0.2) is 11.5 Å². The molecule has 36 heavy (non-hydrogen) atoms. The van der Waals surface area contributed by atoms with E-state index in [0.29, 0.717) is 30.7 Å². The van der Waals surface area contributed by atoms with Crippen molar-refractivity contribution < 1.29 is 27.5 Å². The fraction of sp³-hybridized carbons (Fsp3) is 0.375. The van der Waals surface area contributed by atoms with Crippen LogP contribution >= 0.6 is 0 Å². The molecular formula is C24H23F4N5O3. The second kappa shape index (κ2) is 8.77. The lowest BCUT2D eigenvalue weighted by molar-refractivity contribution is -0.137. The SMILES string of the molecule is C=C(F)C(=O)N1CC(n2c(=O)n(-c3ccc(C(F)(F)F)cc3)c3nccc(N4CCCC(O)C4)c32)C1.